The largest absolute Gasteiger partial charge is 0.496 e. The van der Waals surface area contributed by atoms with Crippen LogP contribution in [0.25, 0.3) is 0 Å². The zero-order valence-corrected chi connectivity index (χ0v) is 12.7. The monoisotopic (exact) mass is 288 g/mol. The highest BCUT2D eigenvalue weighted by Crippen LogP contribution is 2.38. The number of ether oxygens (including phenoxy) is 3. The molecule has 0 fully saturated rings. The van der Waals surface area contributed by atoms with Gasteiger partial charge in [0.25, 0.3) is 0 Å². The highest BCUT2D eigenvalue weighted by molar-refractivity contribution is 5.51. The fraction of sp³-hybridized carbons (Fsp3) is 0.312. The lowest BCUT2D eigenvalue weighted by atomic mass is 10.00. The Morgan fingerprint density at radius 3 is 2.00 bits per heavy atom. The zero-order valence-electron chi connectivity index (χ0n) is 12.7. The van der Waals surface area contributed by atoms with Gasteiger partial charge in [-0.25, -0.2) is 0 Å². The lowest BCUT2D eigenvalue weighted by molar-refractivity contribution is 0.372. The van der Waals surface area contributed by atoms with Crippen molar-refractivity contribution < 1.29 is 14.2 Å². The summed E-state index contributed by atoms with van der Waals surface area (Å²) in [7, 11) is 6.78. The lowest BCUT2D eigenvalue weighted by Gasteiger charge is -2.22. The fourth-order valence-electron chi connectivity index (χ4n) is 2.37. The van der Waals surface area contributed by atoms with Crippen LogP contribution in [0.1, 0.15) is 17.3 Å². The molecule has 2 rings (SSSR count). The number of aromatic nitrogens is 1. The smallest absolute Gasteiger partial charge is 0.142 e. The summed E-state index contributed by atoms with van der Waals surface area (Å²) in [4.78, 5) is 4.45. The van der Waals surface area contributed by atoms with Crippen molar-refractivity contribution in [2.75, 3.05) is 28.4 Å². The third-order valence-electron chi connectivity index (χ3n) is 3.34. The van der Waals surface area contributed by atoms with E-state index in [4.69, 9.17) is 14.2 Å². The standard InChI is InChI=1S/C16H20N2O3/c1-17-16(15-13(21-4)9-6-10-18-15)14-11(19-2)7-5-8-12(14)20-3/h5-10,16-17H,1-4H3. The molecule has 21 heavy (non-hydrogen) atoms. The molecule has 0 saturated carbocycles. The van der Waals surface area contributed by atoms with Gasteiger partial charge in [0, 0.05) is 6.20 Å². The zero-order chi connectivity index (χ0) is 15.2. The summed E-state index contributed by atoms with van der Waals surface area (Å²) in [6, 6.07) is 9.22. The van der Waals surface area contributed by atoms with Gasteiger partial charge < -0.3 is 19.5 Å². The number of methoxy groups -OCH3 is 3. The highest BCUT2D eigenvalue weighted by Gasteiger charge is 2.25. The number of pyridine rings is 1. The maximum absolute atomic E-state index is 5.48. The lowest BCUT2D eigenvalue weighted by Crippen LogP contribution is -2.21. The quantitative estimate of drug-likeness (QED) is 0.884. The van der Waals surface area contributed by atoms with Crippen molar-refractivity contribution in [1.29, 1.82) is 0 Å². The van der Waals surface area contributed by atoms with Crippen LogP contribution in [-0.4, -0.2) is 33.4 Å². The normalized spacial score (nSPS) is 11.8. The average molecular weight is 288 g/mol. The molecule has 2 aromatic rings. The summed E-state index contributed by atoms with van der Waals surface area (Å²) in [5.41, 5.74) is 1.67. The van der Waals surface area contributed by atoms with Crippen molar-refractivity contribution >= 4 is 0 Å². The van der Waals surface area contributed by atoms with E-state index in [0.717, 1.165) is 22.8 Å². The number of hydrogen-bond donors (Lipinski definition) is 1. The maximum Gasteiger partial charge on any atom is 0.142 e. The molecule has 0 amide bonds. The Balaban J connectivity index is 2.61. The van der Waals surface area contributed by atoms with Gasteiger partial charge in [-0.3, -0.25) is 4.98 Å². The Hall–Kier alpha value is -2.27. The van der Waals surface area contributed by atoms with E-state index >= 15 is 0 Å². The van der Waals surface area contributed by atoms with Crippen molar-refractivity contribution in [1.82, 2.24) is 10.3 Å². The van der Waals surface area contributed by atoms with Crippen LogP contribution in [0.15, 0.2) is 36.5 Å². The molecule has 1 unspecified atom stereocenters. The number of benzene rings is 1. The molecule has 1 atom stereocenters. The minimum Gasteiger partial charge on any atom is -0.496 e. The number of nitrogens with one attached hydrogen (secondary N) is 1. The number of rotatable bonds is 6. The molecule has 0 aliphatic rings. The van der Waals surface area contributed by atoms with Gasteiger partial charge in [-0.2, -0.15) is 0 Å². The highest BCUT2D eigenvalue weighted by atomic mass is 16.5. The van der Waals surface area contributed by atoms with Crippen molar-refractivity contribution in [3.8, 4) is 17.2 Å². The minimum atomic E-state index is -0.202. The van der Waals surface area contributed by atoms with Crippen LogP contribution in [0.2, 0.25) is 0 Å². The van der Waals surface area contributed by atoms with Crippen molar-refractivity contribution in [2.45, 2.75) is 6.04 Å². The first kappa shape index (κ1) is 15.1. The van der Waals surface area contributed by atoms with Crippen molar-refractivity contribution in [3.63, 3.8) is 0 Å². The third kappa shape index (κ3) is 2.92. The molecule has 0 aliphatic carbocycles. The summed E-state index contributed by atoms with van der Waals surface area (Å²) >= 11 is 0. The van der Waals surface area contributed by atoms with E-state index in [0.29, 0.717) is 5.75 Å². The first-order valence-corrected chi connectivity index (χ1v) is 6.63. The van der Waals surface area contributed by atoms with Crippen molar-refractivity contribution in [3.05, 3.63) is 47.8 Å². The van der Waals surface area contributed by atoms with Gasteiger partial charge in [0.15, 0.2) is 0 Å². The minimum absolute atomic E-state index is 0.202. The molecule has 5 heteroatoms. The maximum atomic E-state index is 5.48. The van der Waals surface area contributed by atoms with E-state index in [9.17, 15) is 0 Å². The average Bonchev–Trinajstić information content (AvgIpc) is 2.56. The van der Waals surface area contributed by atoms with Gasteiger partial charge in [-0.15, -0.1) is 0 Å². The summed E-state index contributed by atoms with van der Waals surface area (Å²) in [5.74, 6) is 2.19. The first-order chi connectivity index (χ1) is 10.3. The van der Waals surface area contributed by atoms with Crippen LogP contribution >= 0.6 is 0 Å². The van der Waals surface area contributed by atoms with E-state index < -0.39 is 0 Å². The van der Waals surface area contributed by atoms with Crippen LogP contribution < -0.4 is 19.5 Å². The molecule has 0 bridgehead atoms. The van der Waals surface area contributed by atoms with Gasteiger partial charge in [-0.05, 0) is 31.3 Å². The summed E-state index contributed by atoms with van der Waals surface area (Å²) in [5, 5.41) is 3.26. The van der Waals surface area contributed by atoms with Gasteiger partial charge in [0.05, 0.1) is 32.9 Å². The second-order valence-electron chi connectivity index (χ2n) is 4.39. The summed E-state index contributed by atoms with van der Waals surface area (Å²) in [6.07, 6.45) is 1.74. The number of hydrogen-bond acceptors (Lipinski definition) is 5. The van der Waals surface area contributed by atoms with Crippen molar-refractivity contribution in [2.24, 2.45) is 0 Å². The molecule has 1 aromatic heterocycles. The Labute approximate surface area is 124 Å². The van der Waals surface area contributed by atoms with E-state index in [1.807, 2.05) is 37.4 Å². The van der Waals surface area contributed by atoms with Gasteiger partial charge in [0.2, 0.25) is 0 Å². The Morgan fingerprint density at radius 1 is 0.905 bits per heavy atom. The fourth-order valence-corrected chi connectivity index (χ4v) is 2.37. The van der Waals surface area contributed by atoms with E-state index in [-0.39, 0.29) is 6.04 Å². The van der Waals surface area contributed by atoms with Gasteiger partial charge in [0.1, 0.15) is 22.9 Å². The first-order valence-electron chi connectivity index (χ1n) is 6.63. The van der Waals surface area contributed by atoms with Crippen LogP contribution in [-0.2, 0) is 0 Å². The molecule has 112 valence electrons. The van der Waals surface area contributed by atoms with Gasteiger partial charge in [-0.1, -0.05) is 6.07 Å². The molecular weight excluding hydrogens is 268 g/mol. The molecule has 1 aromatic carbocycles. The van der Waals surface area contributed by atoms with E-state index in [1.54, 1.807) is 27.5 Å². The Morgan fingerprint density at radius 2 is 1.48 bits per heavy atom. The molecule has 0 saturated heterocycles. The SMILES string of the molecule is CNC(c1ncccc1OC)c1c(OC)cccc1OC. The summed E-state index contributed by atoms with van der Waals surface area (Å²) < 4.78 is 16.4. The number of nitrogens with zero attached hydrogens (tertiary/aromatic N) is 1. The summed E-state index contributed by atoms with van der Waals surface area (Å²) in [6.45, 7) is 0. The van der Waals surface area contributed by atoms with E-state index in [2.05, 4.69) is 10.3 Å². The molecule has 0 radical (unpaired) electrons. The topological polar surface area (TPSA) is 52.6 Å². The van der Waals surface area contributed by atoms with E-state index in [1.165, 1.54) is 0 Å². The van der Waals surface area contributed by atoms with Crippen LogP contribution in [0, 0.1) is 0 Å². The van der Waals surface area contributed by atoms with Crippen LogP contribution in [0.4, 0.5) is 0 Å². The second kappa shape index (κ2) is 6.95. The Bertz CT molecular complexity index is 580. The molecule has 1 heterocycles. The van der Waals surface area contributed by atoms with Gasteiger partial charge >= 0.3 is 0 Å². The molecule has 1 N–H and O–H groups in total. The molecule has 5 nitrogen and oxygen atoms in total. The van der Waals surface area contributed by atoms with Crippen LogP contribution in [0.3, 0.4) is 0 Å². The predicted molar refractivity (Wildman–Crippen MR) is 81.2 cm³/mol. The molecule has 0 spiro atoms. The molecular formula is C16H20N2O3. The Kier molecular flexibility index (Phi) is 5.00. The molecule has 0 aliphatic heterocycles. The van der Waals surface area contributed by atoms with Crippen LogP contribution in [0.5, 0.6) is 17.2 Å². The third-order valence-corrected chi connectivity index (χ3v) is 3.34. The second-order valence-corrected chi connectivity index (χ2v) is 4.39. The predicted octanol–water partition coefficient (Wildman–Crippen LogP) is 2.42.